The van der Waals surface area contributed by atoms with E-state index >= 15 is 0 Å². The third kappa shape index (κ3) is 6.11. The molecule has 43 heavy (non-hydrogen) atoms. The Balaban J connectivity index is 1.22. The number of hydrogen-bond acceptors (Lipinski definition) is 7. The van der Waals surface area contributed by atoms with Crippen LogP contribution in [-0.2, 0) is 11.3 Å². The van der Waals surface area contributed by atoms with E-state index in [1.165, 1.54) is 6.20 Å². The van der Waals surface area contributed by atoms with Gasteiger partial charge in [-0.25, -0.2) is 4.79 Å². The molecule has 0 saturated carbocycles. The van der Waals surface area contributed by atoms with E-state index in [0.29, 0.717) is 62.4 Å². The van der Waals surface area contributed by atoms with Gasteiger partial charge < -0.3 is 29.7 Å². The number of benzene rings is 1. The molecule has 3 amide bonds. The minimum atomic E-state index is -0.325. The molecule has 3 aromatic rings. The Morgan fingerprint density at radius 1 is 0.977 bits per heavy atom. The molecule has 3 aliphatic rings. The predicted molar refractivity (Wildman–Crippen MR) is 161 cm³/mol. The monoisotopic (exact) mass is 584 g/mol. The highest BCUT2D eigenvalue weighted by atomic mass is 16.6. The lowest BCUT2D eigenvalue weighted by Crippen LogP contribution is -2.47. The molecule has 1 aromatic carbocycles. The summed E-state index contributed by atoms with van der Waals surface area (Å²) in [4.78, 5) is 59.1. The number of aromatic nitrogens is 2. The first kappa shape index (κ1) is 28.4. The summed E-state index contributed by atoms with van der Waals surface area (Å²) in [6, 6.07) is 14.2. The van der Waals surface area contributed by atoms with Gasteiger partial charge in [-0.15, -0.1) is 0 Å². The highest BCUT2D eigenvalue weighted by Gasteiger charge is 2.35. The molecule has 2 N–H and O–H groups in total. The molecule has 0 spiro atoms. The van der Waals surface area contributed by atoms with Crippen LogP contribution in [0.4, 0.5) is 16.2 Å². The highest BCUT2D eigenvalue weighted by molar-refractivity contribution is 6.07. The lowest BCUT2D eigenvalue weighted by Gasteiger charge is -2.44. The number of pyridine rings is 2. The van der Waals surface area contributed by atoms with E-state index in [2.05, 4.69) is 20.5 Å². The van der Waals surface area contributed by atoms with Crippen molar-refractivity contribution >= 4 is 29.3 Å². The summed E-state index contributed by atoms with van der Waals surface area (Å²) in [7, 11) is 0. The van der Waals surface area contributed by atoms with Crippen LogP contribution in [0.15, 0.2) is 65.7 Å². The van der Waals surface area contributed by atoms with Gasteiger partial charge in [0.25, 0.3) is 17.4 Å². The molecule has 5 heterocycles. The summed E-state index contributed by atoms with van der Waals surface area (Å²) in [6.45, 7) is 5.23. The van der Waals surface area contributed by atoms with Crippen LogP contribution in [0.5, 0.6) is 0 Å². The van der Waals surface area contributed by atoms with E-state index in [1.807, 2.05) is 22.8 Å². The number of rotatable bonds is 6. The molecular formula is C32H36N6O5. The van der Waals surface area contributed by atoms with Crippen molar-refractivity contribution in [1.29, 1.82) is 0 Å². The number of ether oxygens (including phenoxy) is 1. The first-order chi connectivity index (χ1) is 20.9. The maximum atomic E-state index is 13.4. The molecule has 0 unspecified atom stereocenters. The number of anilines is 2. The largest absolute Gasteiger partial charge is 0.450 e. The number of fused-ring (bicyclic) bond motifs is 4. The number of likely N-dealkylation sites (tertiary alicyclic amines) is 1. The number of carbonyl (C=O) groups excluding carboxylic acids is 3. The lowest BCUT2D eigenvalue weighted by molar-refractivity contribution is 0.0859. The van der Waals surface area contributed by atoms with E-state index in [9.17, 15) is 19.2 Å². The number of nitrogens with zero attached hydrogens (tertiary/aromatic N) is 4. The standard InChI is InChI=1S/C32H36N6O5/c1-2-43-32(42)36-13-10-25(11-14-36)34-30(40)22-8-9-28(26(16-22)35-31(41)23-5-4-12-33-17-23)37-18-21-15-24(20-37)27-6-3-7-29(39)38(27)19-21/h3-9,12,16-17,21,24-25H,2,10-11,13-15,18-20H2,1H3,(H,34,40)(H,35,41)/t21-,24+/m1/s1. The first-order valence-corrected chi connectivity index (χ1v) is 14.9. The summed E-state index contributed by atoms with van der Waals surface area (Å²) < 4.78 is 6.99. The van der Waals surface area contributed by atoms with Gasteiger partial charge in [0.1, 0.15) is 0 Å². The van der Waals surface area contributed by atoms with Gasteiger partial charge in [0.2, 0.25) is 0 Å². The van der Waals surface area contributed by atoms with Crippen molar-refractivity contribution in [1.82, 2.24) is 19.8 Å². The van der Waals surface area contributed by atoms with Crippen molar-refractivity contribution in [3.8, 4) is 0 Å². The Morgan fingerprint density at radius 2 is 1.81 bits per heavy atom. The fraction of sp³-hybridized carbons (Fsp3) is 0.406. The van der Waals surface area contributed by atoms with E-state index in [0.717, 1.165) is 24.3 Å². The van der Waals surface area contributed by atoms with Gasteiger partial charge in [-0.3, -0.25) is 19.4 Å². The normalized spacial score (nSPS) is 19.7. The summed E-state index contributed by atoms with van der Waals surface area (Å²) in [5.74, 6) is -0.0717. The Morgan fingerprint density at radius 3 is 2.58 bits per heavy atom. The van der Waals surface area contributed by atoms with Gasteiger partial charge in [-0.2, -0.15) is 0 Å². The van der Waals surface area contributed by atoms with Crippen LogP contribution < -0.4 is 21.1 Å². The minimum absolute atomic E-state index is 0.0343. The van der Waals surface area contributed by atoms with Crippen LogP contribution in [0.1, 0.15) is 58.5 Å². The van der Waals surface area contributed by atoms with Crippen LogP contribution in [-0.4, -0.2) is 71.2 Å². The molecule has 2 bridgehead atoms. The zero-order valence-corrected chi connectivity index (χ0v) is 24.2. The van der Waals surface area contributed by atoms with Gasteiger partial charge in [-0.1, -0.05) is 6.07 Å². The van der Waals surface area contributed by atoms with Crippen molar-refractivity contribution in [3.05, 3.63) is 88.1 Å². The Labute approximate surface area is 249 Å². The molecule has 11 heteroatoms. The fourth-order valence-corrected chi connectivity index (χ4v) is 6.53. The number of amides is 3. The van der Waals surface area contributed by atoms with Crippen LogP contribution in [0, 0.1) is 5.92 Å². The fourth-order valence-electron chi connectivity index (χ4n) is 6.53. The van der Waals surface area contributed by atoms with E-state index in [-0.39, 0.29) is 41.3 Å². The lowest BCUT2D eigenvalue weighted by atomic mass is 9.83. The van der Waals surface area contributed by atoms with Gasteiger partial charge >= 0.3 is 6.09 Å². The number of nitrogens with one attached hydrogen (secondary N) is 2. The maximum Gasteiger partial charge on any atom is 0.409 e. The second-order valence-corrected chi connectivity index (χ2v) is 11.5. The first-order valence-electron chi connectivity index (χ1n) is 14.9. The van der Waals surface area contributed by atoms with Crippen molar-refractivity contribution < 1.29 is 19.1 Å². The van der Waals surface area contributed by atoms with Gasteiger partial charge in [-0.05, 0) is 68.5 Å². The second kappa shape index (κ2) is 12.3. The minimum Gasteiger partial charge on any atom is -0.450 e. The van der Waals surface area contributed by atoms with Gasteiger partial charge in [0.15, 0.2) is 0 Å². The van der Waals surface area contributed by atoms with Gasteiger partial charge in [0, 0.05) is 74.4 Å². The van der Waals surface area contributed by atoms with Crippen molar-refractivity contribution in [2.75, 3.05) is 43.0 Å². The average molecular weight is 585 g/mol. The molecule has 2 saturated heterocycles. The number of piperidine rings is 2. The Hall–Kier alpha value is -4.67. The van der Waals surface area contributed by atoms with E-state index < -0.39 is 0 Å². The van der Waals surface area contributed by atoms with Crippen LogP contribution in [0.25, 0.3) is 0 Å². The average Bonchev–Trinajstić information content (AvgIpc) is 3.02. The topological polar surface area (TPSA) is 126 Å². The molecule has 2 aromatic heterocycles. The molecule has 2 fully saturated rings. The molecule has 0 aliphatic carbocycles. The van der Waals surface area contributed by atoms with E-state index in [1.54, 1.807) is 48.4 Å². The Bertz CT molecular complexity index is 1570. The van der Waals surface area contributed by atoms with Crippen molar-refractivity contribution in [3.63, 3.8) is 0 Å². The SMILES string of the molecule is CCOC(=O)N1CCC(NC(=O)c2ccc(N3C[C@H]4C[C@@H](C3)c3cccc(=O)n3C4)c(NC(=O)c3cccnc3)c2)CC1. The van der Waals surface area contributed by atoms with Gasteiger partial charge in [0.05, 0.1) is 23.5 Å². The van der Waals surface area contributed by atoms with Crippen molar-refractivity contribution in [2.24, 2.45) is 5.92 Å². The summed E-state index contributed by atoms with van der Waals surface area (Å²) in [5.41, 5.74) is 3.31. The van der Waals surface area contributed by atoms with Crippen LogP contribution in [0.3, 0.4) is 0 Å². The van der Waals surface area contributed by atoms with Crippen LogP contribution in [0.2, 0.25) is 0 Å². The number of carbonyl (C=O) groups is 3. The molecule has 224 valence electrons. The summed E-state index contributed by atoms with van der Waals surface area (Å²) in [5, 5.41) is 6.13. The quantitative estimate of drug-likeness (QED) is 0.455. The molecule has 0 radical (unpaired) electrons. The molecule has 2 atom stereocenters. The smallest absolute Gasteiger partial charge is 0.409 e. The molecule has 11 nitrogen and oxygen atoms in total. The summed E-state index contributed by atoms with van der Waals surface area (Å²) in [6.07, 6.45) is 5.07. The molecular weight excluding hydrogens is 548 g/mol. The summed E-state index contributed by atoms with van der Waals surface area (Å²) >= 11 is 0. The third-order valence-electron chi connectivity index (χ3n) is 8.61. The van der Waals surface area contributed by atoms with Crippen LogP contribution >= 0.6 is 0 Å². The Kier molecular flexibility index (Phi) is 8.13. The highest BCUT2D eigenvalue weighted by Crippen LogP contribution is 2.39. The molecule has 6 rings (SSSR count). The zero-order chi connectivity index (χ0) is 29.9. The second-order valence-electron chi connectivity index (χ2n) is 11.5. The maximum absolute atomic E-state index is 13.4. The van der Waals surface area contributed by atoms with E-state index in [4.69, 9.17) is 4.74 Å². The zero-order valence-electron chi connectivity index (χ0n) is 24.2. The molecule has 3 aliphatic heterocycles. The number of hydrogen-bond donors (Lipinski definition) is 2. The third-order valence-corrected chi connectivity index (χ3v) is 8.61. The predicted octanol–water partition coefficient (Wildman–Crippen LogP) is 3.47. The van der Waals surface area contributed by atoms with Crippen molar-refractivity contribution in [2.45, 2.75) is 44.7 Å².